The quantitative estimate of drug-likeness (QED) is 0.528. The van der Waals surface area contributed by atoms with E-state index in [-0.39, 0.29) is 11.8 Å². The second-order valence-electron chi connectivity index (χ2n) is 6.47. The van der Waals surface area contributed by atoms with Crippen molar-refractivity contribution in [1.29, 1.82) is 0 Å². The molecule has 2 rings (SSSR count). The Morgan fingerprint density at radius 3 is 2.36 bits per heavy atom. The standard InChI is InChI=1S/C20H22Cl2N2O/c1-13(2)10-15-4-7-17(8-5-15)14(3)20(25)24-23-12-16-6-9-18(21)19(22)11-16/h4-9,11-14H,10H2,1-3H3,(H,24,25)/b23-12-/t14-/m0/s1. The zero-order valence-electron chi connectivity index (χ0n) is 14.6. The number of hydrogen-bond acceptors (Lipinski definition) is 2. The van der Waals surface area contributed by atoms with Gasteiger partial charge in [-0.1, -0.05) is 67.4 Å². The minimum atomic E-state index is -0.279. The van der Waals surface area contributed by atoms with Crippen LogP contribution in [0.5, 0.6) is 0 Å². The molecule has 1 atom stereocenters. The molecule has 0 unspecified atom stereocenters. The normalized spacial score (nSPS) is 12.6. The summed E-state index contributed by atoms with van der Waals surface area (Å²) in [7, 11) is 0. The number of carbonyl (C=O) groups is 1. The van der Waals surface area contributed by atoms with Crippen molar-refractivity contribution in [3.05, 3.63) is 69.2 Å². The Kier molecular flexibility index (Phi) is 7.03. The smallest absolute Gasteiger partial charge is 0.247 e. The molecular formula is C20H22Cl2N2O. The third-order valence-electron chi connectivity index (χ3n) is 3.85. The number of benzene rings is 2. The molecule has 25 heavy (non-hydrogen) atoms. The summed E-state index contributed by atoms with van der Waals surface area (Å²) in [5, 5.41) is 4.92. The van der Waals surface area contributed by atoms with E-state index in [1.807, 2.05) is 19.1 Å². The molecule has 5 heteroatoms. The molecule has 0 aliphatic rings. The lowest BCUT2D eigenvalue weighted by atomic mass is 9.96. The molecular weight excluding hydrogens is 355 g/mol. The van der Waals surface area contributed by atoms with Gasteiger partial charge < -0.3 is 0 Å². The highest BCUT2D eigenvalue weighted by Gasteiger charge is 2.14. The van der Waals surface area contributed by atoms with Crippen molar-refractivity contribution < 1.29 is 4.79 Å². The van der Waals surface area contributed by atoms with Crippen molar-refractivity contribution in [3.63, 3.8) is 0 Å². The van der Waals surface area contributed by atoms with E-state index < -0.39 is 0 Å². The Hall–Kier alpha value is -1.84. The largest absolute Gasteiger partial charge is 0.272 e. The summed E-state index contributed by atoms with van der Waals surface area (Å²) in [6, 6.07) is 13.3. The zero-order valence-corrected chi connectivity index (χ0v) is 16.1. The summed E-state index contributed by atoms with van der Waals surface area (Å²) in [6.45, 7) is 6.24. The van der Waals surface area contributed by atoms with Crippen LogP contribution < -0.4 is 5.43 Å². The van der Waals surface area contributed by atoms with Gasteiger partial charge in [-0.3, -0.25) is 4.79 Å². The molecule has 0 saturated carbocycles. The van der Waals surface area contributed by atoms with Gasteiger partial charge in [-0.05, 0) is 48.1 Å². The first-order valence-electron chi connectivity index (χ1n) is 8.23. The Labute approximate surface area is 159 Å². The molecule has 0 aliphatic heterocycles. The van der Waals surface area contributed by atoms with Gasteiger partial charge in [-0.2, -0.15) is 5.10 Å². The Morgan fingerprint density at radius 1 is 1.08 bits per heavy atom. The molecule has 0 spiro atoms. The number of halogens is 2. The van der Waals surface area contributed by atoms with Gasteiger partial charge >= 0.3 is 0 Å². The number of rotatable bonds is 6. The highest BCUT2D eigenvalue weighted by atomic mass is 35.5. The van der Waals surface area contributed by atoms with Crippen LogP contribution in [0.2, 0.25) is 10.0 Å². The fourth-order valence-corrected chi connectivity index (χ4v) is 2.73. The fourth-order valence-electron chi connectivity index (χ4n) is 2.43. The topological polar surface area (TPSA) is 41.5 Å². The first kappa shape index (κ1) is 19.5. The second kappa shape index (κ2) is 9.02. The SMILES string of the molecule is CC(C)Cc1ccc([C@H](C)C(=O)N/N=C\c2ccc(Cl)c(Cl)c2)cc1. The summed E-state index contributed by atoms with van der Waals surface area (Å²) in [5.41, 5.74) is 5.58. The third kappa shape index (κ3) is 5.87. The van der Waals surface area contributed by atoms with E-state index >= 15 is 0 Å². The Bertz CT molecular complexity index is 755. The number of nitrogens with one attached hydrogen (secondary N) is 1. The molecule has 0 heterocycles. The molecule has 1 N–H and O–H groups in total. The maximum absolute atomic E-state index is 12.2. The van der Waals surface area contributed by atoms with Crippen molar-refractivity contribution in [3.8, 4) is 0 Å². The van der Waals surface area contributed by atoms with Crippen LogP contribution in [0.3, 0.4) is 0 Å². The molecule has 1 amide bonds. The molecule has 0 aromatic heterocycles. The molecule has 0 saturated heterocycles. The minimum absolute atomic E-state index is 0.159. The summed E-state index contributed by atoms with van der Waals surface area (Å²) < 4.78 is 0. The van der Waals surface area contributed by atoms with E-state index in [2.05, 4.69) is 36.5 Å². The predicted octanol–water partition coefficient (Wildman–Crippen LogP) is 5.45. The van der Waals surface area contributed by atoms with Gasteiger partial charge in [0.1, 0.15) is 0 Å². The lowest BCUT2D eigenvalue weighted by Crippen LogP contribution is -2.23. The van der Waals surface area contributed by atoms with Crippen molar-refractivity contribution in [2.24, 2.45) is 11.0 Å². The number of amides is 1. The van der Waals surface area contributed by atoms with Crippen LogP contribution in [0.1, 0.15) is 43.4 Å². The van der Waals surface area contributed by atoms with Crippen LogP contribution in [0.15, 0.2) is 47.6 Å². The predicted molar refractivity (Wildman–Crippen MR) is 106 cm³/mol. The van der Waals surface area contributed by atoms with Crippen LogP contribution in [-0.2, 0) is 11.2 Å². The van der Waals surface area contributed by atoms with E-state index in [9.17, 15) is 4.79 Å². The molecule has 132 valence electrons. The van der Waals surface area contributed by atoms with Crippen LogP contribution in [0.25, 0.3) is 0 Å². The summed E-state index contributed by atoms with van der Waals surface area (Å²) in [6.07, 6.45) is 2.58. The highest BCUT2D eigenvalue weighted by Crippen LogP contribution is 2.22. The first-order chi connectivity index (χ1) is 11.9. The monoisotopic (exact) mass is 376 g/mol. The molecule has 2 aromatic rings. The maximum atomic E-state index is 12.2. The number of carbonyl (C=O) groups excluding carboxylic acids is 1. The van der Waals surface area contributed by atoms with Gasteiger partial charge in [0.25, 0.3) is 0 Å². The molecule has 0 bridgehead atoms. The minimum Gasteiger partial charge on any atom is -0.272 e. The molecule has 0 radical (unpaired) electrons. The van der Waals surface area contributed by atoms with E-state index in [1.54, 1.807) is 24.4 Å². The van der Waals surface area contributed by atoms with Crippen molar-refractivity contribution >= 4 is 35.3 Å². The van der Waals surface area contributed by atoms with E-state index in [0.29, 0.717) is 16.0 Å². The molecule has 0 aliphatic carbocycles. The summed E-state index contributed by atoms with van der Waals surface area (Å²) in [5.74, 6) is 0.175. The van der Waals surface area contributed by atoms with Gasteiger partial charge in [0.2, 0.25) is 5.91 Å². The van der Waals surface area contributed by atoms with Gasteiger partial charge in [-0.25, -0.2) is 5.43 Å². The number of hydrogen-bond donors (Lipinski definition) is 1. The van der Waals surface area contributed by atoms with Crippen molar-refractivity contribution in [1.82, 2.24) is 5.43 Å². The van der Waals surface area contributed by atoms with Gasteiger partial charge in [0.05, 0.1) is 22.2 Å². The number of hydrazone groups is 1. The van der Waals surface area contributed by atoms with Gasteiger partial charge in [0, 0.05) is 0 Å². The van der Waals surface area contributed by atoms with Crippen LogP contribution >= 0.6 is 23.2 Å². The average Bonchev–Trinajstić information content (AvgIpc) is 2.57. The maximum Gasteiger partial charge on any atom is 0.247 e. The highest BCUT2D eigenvalue weighted by molar-refractivity contribution is 6.42. The zero-order chi connectivity index (χ0) is 18.4. The van der Waals surface area contributed by atoms with E-state index in [1.165, 1.54) is 5.56 Å². The van der Waals surface area contributed by atoms with Crippen LogP contribution in [0.4, 0.5) is 0 Å². The third-order valence-corrected chi connectivity index (χ3v) is 4.59. The summed E-state index contributed by atoms with van der Waals surface area (Å²) >= 11 is 11.8. The molecule has 0 fully saturated rings. The Balaban J connectivity index is 1.95. The first-order valence-corrected chi connectivity index (χ1v) is 8.99. The lowest BCUT2D eigenvalue weighted by Gasteiger charge is -2.11. The van der Waals surface area contributed by atoms with Crippen LogP contribution in [-0.4, -0.2) is 12.1 Å². The average molecular weight is 377 g/mol. The number of nitrogens with zero attached hydrogens (tertiary/aromatic N) is 1. The second-order valence-corrected chi connectivity index (χ2v) is 7.28. The fraction of sp³-hybridized carbons (Fsp3) is 0.300. The molecule has 2 aromatic carbocycles. The molecule has 3 nitrogen and oxygen atoms in total. The van der Waals surface area contributed by atoms with Gasteiger partial charge in [-0.15, -0.1) is 0 Å². The Morgan fingerprint density at radius 2 is 1.76 bits per heavy atom. The van der Waals surface area contributed by atoms with Crippen molar-refractivity contribution in [2.75, 3.05) is 0 Å². The van der Waals surface area contributed by atoms with Crippen LogP contribution in [0, 0.1) is 5.92 Å². The summed E-state index contributed by atoms with van der Waals surface area (Å²) in [4.78, 5) is 12.2. The van der Waals surface area contributed by atoms with Crippen molar-refractivity contribution in [2.45, 2.75) is 33.1 Å². The van der Waals surface area contributed by atoms with E-state index in [4.69, 9.17) is 23.2 Å². The van der Waals surface area contributed by atoms with Gasteiger partial charge in [0.15, 0.2) is 0 Å². The van der Waals surface area contributed by atoms with E-state index in [0.717, 1.165) is 17.5 Å². The lowest BCUT2D eigenvalue weighted by molar-refractivity contribution is -0.122.